The largest absolute Gasteiger partial charge is 0.496 e. The van der Waals surface area contributed by atoms with Gasteiger partial charge < -0.3 is 4.74 Å². The Kier molecular flexibility index (Phi) is 4.50. The first-order valence-electron chi connectivity index (χ1n) is 6.24. The molecule has 1 N–H and O–H groups in total. The van der Waals surface area contributed by atoms with Crippen molar-refractivity contribution >= 4 is 12.1 Å². The number of aryl methyl sites for hydroxylation is 1. The molecule has 0 bridgehead atoms. The molecule has 4 nitrogen and oxygen atoms in total. The van der Waals surface area contributed by atoms with E-state index < -0.39 is 0 Å². The van der Waals surface area contributed by atoms with Crippen LogP contribution in [0.1, 0.15) is 21.5 Å². The maximum absolute atomic E-state index is 12.0. The molecule has 0 saturated carbocycles. The summed E-state index contributed by atoms with van der Waals surface area (Å²) in [5, 5.41) is 3.96. The van der Waals surface area contributed by atoms with Crippen molar-refractivity contribution in [3.63, 3.8) is 0 Å². The van der Waals surface area contributed by atoms with E-state index in [1.807, 2.05) is 49.4 Å². The average molecular weight is 268 g/mol. The van der Waals surface area contributed by atoms with Crippen LogP contribution in [0.15, 0.2) is 53.6 Å². The summed E-state index contributed by atoms with van der Waals surface area (Å²) in [4.78, 5) is 12.0. The van der Waals surface area contributed by atoms with Crippen molar-refractivity contribution in [2.45, 2.75) is 6.92 Å². The monoisotopic (exact) mass is 268 g/mol. The molecule has 0 radical (unpaired) electrons. The van der Waals surface area contributed by atoms with Crippen LogP contribution < -0.4 is 10.2 Å². The normalized spacial score (nSPS) is 10.5. The first-order chi connectivity index (χ1) is 9.72. The number of carbonyl (C=O) groups excluding carboxylic acids is 1. The number of rotatable bonds is 4. The second-order valence-corrected chi connectivity index (χ2v) is 4.26. The summed E-state index contributed by atoms with van der Waals surface area (Å²) in [7, 11) is 1.60. The summed E-state index contributed by atoms with van der Waals surface area (Å²) >= 11 is 0. The molecule has 20 heavy (non-hydrogen) atoms. The van der Waals surface area contributed by atoms with E-state index in [4.69, 9.17) is 4.74 Å². The fourth-order valence-electron chi connectivity index (χ4n) is 1.82. The van der Waals surface area contributed by atoms with E-state index in [9.17, 15) is 4.79 Å². The topological polar surface area (TPSA) is 50.7 Å². The van der Waals surface area contributed by atoms with Gasteiger partial charge in [-0.25, -0.2) is 5.43 Å². The number of hydrogen-bond acceptors (Lipinski definition) is 3. The number of hydrazone groups is 1. The van der Waals surface area contributed by atoms with Gasteiger partial charge in [-0.3, -0.25) is 4.79 Å². The lowest BCUT2D eigenvalue weighted by atomic mass is 10.1. The third-order valence-electron chi connectivity index (χ3n) is 2.90. The summed E-state index contributed by atoms with van der Waals surface area (Å²) in [5.41, 5.74) is 4.85. The molecule has 4 heteroatoms. The van der Waals surface area contributed by atoms with Gasteiger partial charge in [0, 0.05) is 11.1 Å². The van der Waals surface area contributed by atoms with Gasteiger partial charge >= 0.3 is 0 Å². The summed E-state index contributed by atoms with van der Waals surface area (Å²) in [6.07, 6.45) is 1.56. The lowest BCUT2D eigenvalue weighted by Crippen LogP contribution is -2.18. The van der Waals surface area contributed by atoms with E-state index in [0.717, 1.165) is 11.1 Å². The Morgan fingerprint density at radius 1 is 1.15 bits per heavy atom. The van der Waals surface area contributed by atoms with Crippen LogP contribution in [0.3, 0.4) is 0 Å². The van der Waals surface area contributed by atoms with Crippen LogP contribution in [0.5, 0.6) is 5.75 Å². The predicted molar refractivity (Wildman–Crippen MR) is 79.2 cm³/mol. The van der Waals surface area contributed by atoms with Gasteiger partial charge in [0.05, 0.1) is 13.3 Å². The van der Waals surface area contributed by atoms with Crippen molar-refractivity contribution in [2.75, 3.05) is 7.11 Å². The van der Waals surface area contributed by atoms with Gasteiger partial charge in [0.25, 0.3) is 5.91 Å². The minimum atomic E-state index is -0.228. The predicted octanol–water partition coefficient (Wildman–Crippen LogP) is 2.77. The van der Waals surface area contributed by atoms with Crippen LogP contribution in [0, 0.1) is 6.92 Å². The highest BCUT2D eigenvalue weighted by Gasteiger charge is 2.06. The van der Waals surface area contributed by atoms with Gasteiger partial charge in [0.1, 0.15) is 5.75 Å². The number of benzene rings is 2. The number of nitrogens with one attached hydrogen (secondary N) is 1. The second-order valence-electron chi connectivity index (χ2n) is 4.26. The Bertz CT molecular complexity index is 636. The lowest BCUT2D eigenvalue weighted by molar-refractivity contribution is 0.0954. The number of amides is 1. The van der Waals surface area contributed by atoms with E-state index in [0.29, 0.717) is 11.3 Å². The van der Waals surface area contributed by atoms with Crippen molar-refractivity contribution in [3.05, 3.63) is 65.2 Å². The fraction of sp³-hybridized carbons (Fsp3) is 0.125. The molecule has 2 aromatic rings. The maximum atomic E-state index is 12.0. The number of carbonyl (C=O) groups is 1. The fourth-order valence-corrected chi connectivity index (χ4v) is 1.82. The molecule has 0 aliphatic rings. The van der Waals surface area contributed by atoms with Crippen LogP contribution in [0.25, 0.3) is 0 Å². The molecule has 0 unspecified atom stereocenters. The smallest absolute Gasteiger partial charge is 0.271 e. The number of ether oxygens (including phenoxy) is 1. The van der Waals surface area contributed by atoms with Gasteiger partial charge in [-0.1, -0.05) is 30.3 Å². The Hall–Kier alpha value is -2.62. The zero-order chi connectivity index (χ0) is 14.4. The molecule has 1 amide bonds. The second kappa shape index (κ2) is 6.52. The van der Waals surface area contributed by atoms with Crippen molar-refractivity contribution in [1.29, 1.82) is 0 Å². The molecule has 0 aromatic heterocycles. The molecule has 0 aliphatic heterocycles. The van der Waals surface area contributed by atoms with Crippen LogP contribution >= 0.6 is 0 Å². The van der Waals surface area contributed by atoms with Crippen LogP contribution in [0.2, 0.25) is 0 Å². The first-order valence-corrected chi connectivity index (χ1v) is 6.24. The van der Waals surface area contributed by atoms with Gasteiger partial charge in [-0.15, -0.1) is 0 Å². The zero-order valence-electron chi connectivity index (χ0n) is 11.5. The van der Waals surface area contributed by atoms with Crippen molar-refractivity contribution < 1.29 is 9.53 Å². The van der Waals surface area contributed by atoms with Crippen molar-refractivity contribution in [1.82, 2.24) is 5.43 Å². The number of para-hydroxylation sites is 1. The Balaban J connectivity index is 2.07. The molecule has 0 aliphatic carbocycles. The minimum Gasteiger partial charge on any atom is -0.496 e. The third kappa shape index (κ3) is 3.23. The van der Waals surface area contributed by atoms with E-state index in [-0.39, 0.29) is 5.91 Å². The van der Waals surface area contributed by atoms with Crippen molar-refractivity contribution in [2.24, 2.45) is 5.10 Å². The molecule has 0 heterocycles. The average Bonchev–Trinajstić information content (AvgIpc) is 2.48. The molecule has 102 valence electrons. The Morgan fingerprint density at radius 3 is 2.60 bits per heavy atom. The van der Waals surface area contributed by atoms with Crippen LogP contribution in [-0.4, -0.2) is 19.2 Å². The quantitative estimate of drug-likeness (QED) is 0.684. The van der Waals surface area contributed by atoms with E-state index >= 15 is 0 Å². The summed E-state index contributed by atoms with van der Waals surface area (Å²) in [5.74, 6) is 0.482. The minimum absolute atomic E-state index is 0.228. The maximum Gasteiger partial charge on any atom is 0.271 e. The highest BCUT2D eigenvalue weighted by Crippen LogP contribution is 2.14. The molecule has 0 saturated heterocycles. The summed E-state index contributed by atoms with van der Waals surface area (Å²) in [6, 6.07) is 14.8. The first kappa shape index (κ1) is 13.8. The zero-order valence-corrected chi connectivity index (χ0v) is 11.5. The van der Waals surface area contributed by atoms with E-state index in [2.05, 4.69) is 10.5 Å². The standard InChI is InChI=1S/C16H16N2O2/c1-12-7-3-5-9-14(12)16(19)18-17-11-13-8-4-6-10-15(13)20-2/h3-11H,1-2H3,(H,18,19)/b17-11-. The summed E-state index contributed by atoms with van der Waals surface area (Å²) < 4.78 is 5.20. The molecular weight excluding hydrogens is 252 g/mol. The number of nitrogens with zero attached hydrogens (tertiary/aromatic N) is 1. The molecule has 0 spiro atoms. The molecule has 2 aromatic carbocycles. The van der Waals surface area contributed by atoms with Gasteiger partial charge in [-0.2, -0.15) is 5.10 Å². The molecular formula is C16H16N2O2. The van der Waals surface area contributed by atoms with Gasteiger partial charge in [-0.05, 0) is 30.7 Å². The lowest BCUT2D eigenvalue weighted by Gasteiger charge is -2.04. The van der Waals surface area contributed by atoms with E-state index in [1.54, 1.807) is 19.4 Å². The van der Waals surface area contributed by atoms with E-state index in [1.165, 1.54) is 0 Å². The molecule has 0 atom stereocenters. The highest BCUT2D eigenvalue weighted by molar-refractivity contribution is 5.96. The Morgan fingerprint density at radius 2 is 1.85 bits per heavy atom. The van der Waals surface area contributed by atoms with Gasteiger partial charge in [0.15, 0.2) is 0 Å². The van der Waals surface area contributed by atoms with Crippen LogP contribution in [0.4, 0.5) is 0 Å². The summed E-state index contributed by atoms with van der Waals surface area (Å²) in [6.45, 7) is 1.89. The van der Waals surface area contributed by atoms with Crippen LogP contribution in [-0.2, 0) is 0 Å². The molecule has 2 rings (SSSR count). The van der Waals surface area contributed by atoms with Crippen molar-refractivity contribution in [3.8, 4) is 5.75 Å². The number of hydrogen-bond donors (Lipinski definition) is 1. The third-order valence-corrected chi connectivity index (χ3v) is 2.90. The highest BCUT2D eigenvalue weighted by atomic mass is 16.5. The SMILES string of the molecule is COc1ccccc1/C=N\NC(=O)c1ccccc1C. The number of methoxy groups -OCH3 is 1. The Labute approximate surface area is 118 Å². The van der Waals surface area contributed by atoms with Gasteiger partial charge in [0.2, 0.25) is 0 Å². The molecule has 0 fully saturated rings.